The highest BCUT2D eigenvalue weighted by Gasteiger charge is 2.04. The van der Waals surface area contributed by atoms with Gasteiger partial charge in [-0.2, -0.15) is 0 Å². The van der Waals surface area contributed by atoms with Crippen LogP contribution in [0.3, 0.4) is 0 Å². The maximum absolute atomic E-state index is 4.46. The van der Waals surface area contributed by atoms with E-state index in [-0.39, 0.29) is 0 Å². The summed E-state index contributed by atoms with van der Waals surface area (Å²) >= 11 is 0. The van der Waals surface area contributed by atoms with Crippen LogP contribution < -0.4 is 5.32 Å². The van der Waals surface area contributed by atoms with Gasteiger partial charge < -0.3 is 5.32 Å². The minimum atomic E-state index is 0.796. The molecule has 2 aromatic rings. The number of benzene rings is 1. The van der Waals surface area contributed by atoms with Crippen molar-refractivity contribution >= 4 is 5.70 Å². The van der Waals surface area contributed by atoms with Crippen LogP contribution in [0, 0.1) is 6.92 Å². The van der Waals surface area contributed by atoms with E-state index < -0.39 is 0 Å². The molecule has 0 radical (unpaired) electrons. The Kier molecular flexibility index (Phi) is 5.93. The normalized spacial score (nSPS) is 11.7. The van der Waals surface area contributed by atoms with Crippen molar-refractivity contribution in [2.75, 3.05) is 6.54 Å². The zero-order valence-corrected chi connectivity index (χ0v) is 14.1. The van der Waals surface area contributed by atoms with E-state index in [2.05, 4.69) is 67.1 Å². The summed E-state index contributed by atoms with van der Waals surface area (Å²) in [5.41, 5.74) is 6.64. The van der Waals surface area contributed by atoms with Crippen molar-refractivity contribution in [2.45, 2.75) is 20.8 Å². The number of hydrogen-bond donors (Lipinski definition) is 1. The minimum absolute atomic E-state index is 0.796. The van der Waals surface area contributed by atoms with Crippen LogP contribution >= 0.6 is 0 Å². The van der Waals surface area contributed by atoms with Gasteiger partial charge in [0.25, 0.3) is 0 Å². The molecule has 118 valence electrons. The fourth-order valence-corrected chi connectivity index (χ4v) is 2.28. The van der Waals surface area contributed by atoms with Crippen LogP contribution in [0.25, 0.3) is 17.0 Å². The van der Waals surface area contributed by atoms with Gasteiger partial charge in [0.15, 0.2) is 0 Å². The van der Waals surface area contributed by atoms with Crippen LogP contribution in [-0.2, 0) is 0 Å². The van der Waals surface area contributed by atoms with Gasteiger partial charge in [0.1, 0.15) is 0 Å². The summed E-state index contributed by atoms with van der Waals surface area (Å²) in [6, 6.07) is 12.4. The molecule has 0 aliphatic rings. The molecule has 2 heteroatoms. The molecular formula is C21H24N2. The second-order valence-corrected chi connectivity index (χ2v) is 5.62. The maximum atomic E-state index is 4.46. The van der Waals surface area contributed by atoms with E-state index in [0.717, 1.165) is 29.1 Å². The van der Waals surface area contributed by atoms with Crippen LogP contribution in [-0.4, -0.2) is 11.5 Å². The third-order valence-electron chi connectivity index (χ3n) is 3.67. The standard InChI is InChI=1S/C21H24N2/c1-5-6-8-16(2)15-23-18(4)19-10-12-20(13-11-19)21-17(3)9-7-14-22-21/h5-14,23H,4,15H2,1-3H3/b6-5-,16-8+. The Balaban J connectivity index is 2.05. The van der Waals surface area contributed by atoms with Crippen LogP contribution in [0.5, 0.6) is 0 Å². The predicted octanol–water partition coefficient (Wildman–Crippen LogP) is 5.14. The first-order valence-corrected chi connectivity index (χ1v) is 7.85. The van der Waals surface area contributed by atoms with Crippen molar-refractivity contribution in [2.24, 2.45) is 0 Å². The van der Waals surface area contributed by atoms with Crippen LogP contribution in [0.15, 0.2) is 73.0 Å². The molecule has 0 amide bonds. The summed E-state index contributed by atoms with van der Waals surface area (Å²) in [7, 11) is 0. The molecule has 2 rings (SSSR count). The van der Waals surface area contributed by atoms with Crippen molar-refractivity contribution in [3.8, 4) is 11.3 Å². The lowest BCUT2D eigenvalue weighted by molar-refractivity contribution is 0.958. The highest BCUT2D eigenvalue weighted by atomic mass is 14.9. The maximum Gasteiger partial charge on any atom is 0.0731 e. The molecule has 0 aliphatic carbocycles. The summed E-state index contributed by atoms with van der Waals surface area (Å²) in [4.78, 5) is 4.46. The second-order valence-electron chi connectivity index (χ2n) is 5.62. The Morgan fingerprint density at radius 1 is 1.22 bits per heavy atom. The van der Waals surface area contributed by atoms with Gasteiger partial charge >= 0.3 is 0 Å². The van der Waals surface area contributed by atoms with Gasteiger partial charge in [0, 0.05) is 24.0 Å². The van der Waals surface area contributed by atoms with Gasteiger partial charge in [-0.15, -0.1) is 0 Å². The van der Waals surface area contributed by atoms with E-state index in [1.165, 1.54) is 11.1 Å². The van der Waals surface area contributed by atoms with E-state index >= 15 is 0 Å². The summed E-state index contributed by atoms with van der Waals surface area (Å²) in [5, 5.41) is 3.37. The van der Waals surface area contributed by atoms with E-state index in [4.69, 9.17) is 0 Å². The topological polar surface area (TPSA) is 24.9 Å². The number of nitrogens with zero attached hydrogens (tertiary/aromatic N) is 1. The molecule has 0 saturated carbocycles. The zero-order valence-electron chi connectivity index (χ0n) is 14.1. The number of rotatable bonds is 6. The van der Waals surface area contributed by atoms with Gasteiger partial charge in [-0.05, 0) is 38.0 Å². The summed E-state index contributed by atoms with van der Waals surface area (Å²) in [5.74, 6) is 0. The molecule has 2 nitrogen and oxygen atoms in total. The number of pyridine rings is 1. The van der Waals surface area contributed by atoms with Gasteiger partial charge in [-0.1, -0.05) is 60.7 Å². The molecule has 0 saturated heterocycles. The average Bonchev–Trinajstić information content (AvgIpc) is 2.58. The lowest BCUT2D eigenvalue weighted by atomic mass is 10.0. The molecule has 0 bridgehead atoms. The lowest BCUT2D eigenvalue weighted by Gasteiger charge is -2.11. The number of aryl methyl sites for hydroxylation is 1. The van der Waals surface area contributed by atoms with Crippen LogP contribution in [0.2, 0.25) is 0 Å². The largest absolute Gasteiger partial charge is 0.381 e. The second kappa shape index (κ2) is 8.14. The van der Waals surface area contributed by atoms with Crippen molar-refractivity contribution in [1.82, 2.24) is 10.3 Å². The number of allylic oxidation sites excluding steroid dienone is 3. The first kappa shape index (κ1) is 16.8. The number of nitrogens with one attached hydrogen (secondary N) is 1. The third kappa shape index (κ3) is 4.68. The Hall–Kier alpha value is -2.61. The van der Waals surface area contributed by atoms with E-state index in [1.54, 1.807) is 0 Å². The Morgan fingerprint density at radius 2 is 1.96 bits per heavy atom. The molecule has 0 unspecified atom stereocenters. The van der Waals surface area contributed by atoms with E-state index in [0.29, 0.717) is 0 Å². The molecule has 0 aliphatic heterocycles. The molecule has 0 spiro atoms. The summed E-state index contributed by atoms with van der Waals surface area (Å²) in [6.45, 7) is 11.1. The highest BCUT2D eigenvalue weighted by molar-refractivity contribution is 5.68. The molecule has 23 heavy (non-hydrogen) atoms. The third-order valence-corrected chi connectivity index (χ3v) is 3.67. The van der Waals surface area contributed by atoms with Gasteiger partial charge in [0.2, 0.25) is 0 Å². The lowest BCUT2D eigenvalue weighted by Crippen LogP contribution is -2.13. The molecule has 1 heterocycles. The predicted molar refractivity (Wildman–Crippen MR) is 100 cm³/mol. The average molecular weight is 304 g/mol. The van der Waals surface area contributed by atoms with Crippen LogP contribution in [0.1, 0.15) is 25.0 Å². The molecule has 1 aromatic heterocycles. The Labute approximate surface area is 139 Å². The molecule has 1 N–H and O–H groups in total. The van der Waals surface area contributed by atoms with Crippen molar-refractivity contribution in [3.63, 3.8) is 0 Å². The quantitative estimate of drug-likeness (QED) is 0.747. The first-order chi connectivity index (χ1) is 11.1. The van der Waals surface area contributed by atoms with Gasteiger partial charge in [-0.25, -0.2) is 0 Å². The zero-order chi connectivity index (χ0) is 16.7. The van der Waals surface area contributed by atoms with Gasteiger partial charge in [0.05, 0.1) is 5.69 Å². The van der Waals surface area contributed by atoms with Gasteiger partial charge in [-0.3, -0.25) is 4.98 Å². The highest BCUT2D eigenvalue weighted by Crippen LogP contribution is 2.22. The fourth-order valence-electron chi connectivity index (χ4n) is 2.28. The van der Waals surface area contributed by atoms with Crippen molar-refractivity contribution in [1.29, 1.82) is 0 Å². The van der Waals surface area contributed by atoms with Crippen molar-refractivity contribution in [3.05, 3.63) is 84.1 Å². The SMILES string of the molecule is C=C(NC/C(C)=C/C=C\C)c1ccc(-c2ncccc2C)cc1. The number of aromatic nitrogens is 1. The summed E-state index contributed by atoms with van der Waals surface area (Å²) < 4.78 is 0. The van der Waals surface area contributed by atoms with Crippen LogP contribution in [0.4, 0.5) is 0 Å². The van der Waals surface area contributed by atoms with E-state index in [9.17, 15) is 0 Å². The smallest absolute Gasteiger partial charge is 0.0731 e. The molecule has 0 atom stereocenters. The monoisotopic (exact) mass is 304 g/mol. The fraction of sp³-hybridized carbons (Fsp3) is 0.190. The molecule has 1 aromatic carbocycles. The first-order valence-electron chi connectivity index (χ1n) is 7.85. The minimum Gasteiger partial charge on any atom is -0.381 e. The number of hydrogen-bond acceptors (Lipinski definition) is 2. The molecular weight excluding hydrogens is 280 g/mol. The molecule has 0 fully saturated rings. The Bertz CT molecular complexity index is 722. The van der Waals surface area contributed by atoms with E-state index in [1.807, 2.05) is 31.3 Å². The summed E-state index contributed by atoms with van der Waals surface area (Å²) in [6.07, 6.45) is 8.00. The Morgan fingerprint density at radius 3 is 2.61 bits per heavy atom. The van der Waals surface area contributed by atoms with Crippen molar-refractivity contribution < 1.29 is 0 Å².